The van der Waals surface area contributed by atoms with Gasteiger partial charge in [-0.15, -0.1) is 0 Å². The van der Waals surface area contributed by atoms with Crippen LogP contribution < -0.4 is 11.2 Å². The third-order valence-electron chi connectivity index (χ3n) is 1.37. The van der Waals surface area contributed by atoms with Crippen molar-refractivity contribution in [2.45, 2.75) is 12.8 Å². The second-order valence-corrected chi connectivity index (χ2v) is 2.17. The number of nitrogens with two attached hydrogens (primary N) is 1. The van der Waals surface area contributed by atoms with Crippen LogP contribution in [-0.4, -0.2) is 29.6 Å². The van der Waals surface area contributed by atoms with Gasteiger partial charge in [0.15, 0.2) is 0 Å². The van der Waals surface area contributed by atoms with Crippen molar-refractivity contribution in [1.82, 2.24) is 10.4 Å². The molecule has 5 N–H and O–H groups in total. The van der Waals surface area contributed by atoms with Crippen molar-refractivity contribution in [2.75, 3.05) is 13.1 Å². The molecule has 0 aliphatic carbocycles. The second-order valence-electron chi connectivity index (χ2n) is 2.17. The van der Waals surface area contributed by atoms with Crippen LogP contribution in [0.25, 0.3) is 0 Å². The fourth-order valence-electron chi connectivity index (χ4n) is 0.985. The van der Waals surface area contributed by atoms with Gasteiger partial charge < -0.3 is 11.2 Å². The van der Waals surface area contributed by atoms with Crippen molar-refractivity contribution in [3.8, 4) is 0 Å². The SMILES string of the molecule is NC(=O)NN1CCCC1.O. The largest absolute Gasteiger partial charge is 0.412 e. The maximum absolute atomic E-state index is 10.2. The summed E-state index contributed by atoms with van der Waals surface area (Å²) in [5.41, 5.74) is 7.39. The predicted octanol–water partition coefficient (Wildman–Crippen LogP) is -1.16. The van der Waals surface area contributed by atoms with Crippen molar-refractivity contribution < 1.29 is 10.3 Å². The minimum Gasteiger partial charge on any atom is -0.412 e. The average Bonchev–Trinajstić information content (AvgIpc) is 2.15. The van der Waals surface area contributed by atoms with Gasteiger partial charge in [0.1, 0.15) is 0 Å². The number of nitrogens with zero attached hydrogens (tertiary/aromatic N) is 1. The molecule has 0 aromatic rings. The summed E-state index contributed by atoms with van der Waals surface area (Å²) in [6.07, 6.45) is 2.31. The molecule has 0 unspecified atom stereocenters. The van der Waals surface area contributed by atoms with E-state index in [4.69, 9.17) is 5.73 Å². The first-order chi connectivity index (χ1) is 4.29. The zero-order valence-corrected chi connectivity index (χ0v) is 5.76. The number of hydrogen-bond acceptors (Lipinski definition) is 2. The van der Waals surface area contributed by atoms with Crippen LogP contribution in [-0.2, 0) is 0 Å². The zero-order valence-electron chi connectivity index (χ0n) is 5.76. The van der Waals surface area contributed by atoms with E-state index in [1.54, 1.807) is 0 Å². The van der Waals surface area contributed by atoms with Crippen molar-refractivity contribution in [1.29, 1.82) is 0 Å². The summed E-state index contributed by atoms with van der Waals surface area (Å²) >= 11 is 0. The van der Waals surface area contributed by atoms with Gasteiger partial charge in [-0.25, -0.2) is 9.80 Å². The first-order valence-electron chi connectivity index (χ1n) is 3.10. The maximum atomic E-state index is 10.2. The Kier molecular flexibility index (Phi) is 3.75. The molecule has 2 amide bonds. The molecule has 1 fully saturated rings. The minimum atomic E-state index is -0.461. The van der Waals surface area contributed by atoms with Gasteiger partial charge in [0.2, 0.25) is 0 Å². The third kappa shape index (κ3) is 2.65. The summed E-state index contributed by atoms with van der Waals surface area (Å²) in [4.78, 5) is 10.2. The fourth-order valence-corrected chi connectivity index (χ4v) is 0.985. The number of nitrogens with one attached hydrogen (secondary N) is 1. The molecule has 60 valence electrons. The van der Waals surface area contributed by atoms with E-state index in [0.717, 1.165) is 25.9 Å². The van der Waals surface area contributed by atoms with E-state index in [1.807, 2.05) is 5.01 Å². The monoisotopic (exact) mass is 147 g/mol. The first kappa shape index (κ1) is 9.19. The average molecular weight is 147 g/mol. The van der Waals surface area contributed by atoms with Crippen molar-refractivity contribution in [2.24, 2.45) is 5.73 Å². The van der Waals surface area contributed by atoms with Crippen LogP contribution in [0.1, 0.15) is 12.8 Å². The van der Waals surface area contributed by atoms with Crippen LogP contribution in [0.4, 0.5) is 4.79 Å². The fraction of sp³-hybridized carbons (Fsp3) is 0.800. The second kappa shape index (κ2) is 4.08. The Balaban J connectivity index is 0.000000810. The Bertz CT molecular complexity index is 111. The highest BCUT2D eigenvalue weighted by molar-refractivity contribution is 5.70. The summed E-state index contributed by atoms with van der Waals surface area (Å²) < 4.78 is 0. The first-order valence-corrected chi connectivity index (χ1v) is 3.10. The lowest BCUT2D eigenvalue weighted by Gasteiger charge is -2.12. The Labute approximate surface area is 59.5 Å². The number of carbonyl (C=O) groups is 1. The summed E-state index contributed by atoms with van der Waals surface area (Å²) in [5, 5.41) is 1.84. The molecule has 10 heavy (non-hydrogen) atoms. The third-order valence-corrected chi connectivity index (χ3v) is 1.37. The van der Waals surface area contributed by atoms with E-state index in [-0.39, 0.29) is 5.48 Å². The van der Waals surface area contributed by atoms with Crippen LogP contribution in [0.15, 0.2) is 0 Å². The number of rotatable bonds is 1. The van der Waals surface area contributed by atoms with Crippen LogP contribution in [0.3, 0.4) is 0 Å². The Morgan fingerprint density at radius 3 is 2.30 bits per heavy atom. The molecule has 0 radical (unpaired) electrons. The minimum absolute atomic E-state index is 0. The van der Waals surface area contributed by atoms with Gasteiger partial charge >= 0.3 is 6.03 Å². The quantitative estimate of drug-likeness (QED) is 0.490. The molecule has 0 aromatic carbocycles. The van der Waals surface area contributed by atoms with Gasteiger partial charge in [0, 0.05) is 13.1 Å². The van der Waals surface area contributed by atoms with Gasteiger partial charge in [-0.05, 0) is 12.8 Å². The van der Waals surface area contributed by atoms with Crippen molar-refractivity contribution in [3.05, 3.63) is 0 Å². The van der Waals surface area contributed by atoms with E-state index in [0.29, 0.717) is 0 Å². The highest BCUT2D eigenvalue weighted by atomic mass is 16.2. The van der Waals surface area contributed by atoms with Crippen LogP contribution in [0, 0.1) is 0 Å². The molecule has 1 aliphatic rings. The molecule has 0 aromatic heterocycles. The highest BCUT2D eigenvalue weighted by Gasteiger charge is 2.11. The van der Waals surface area contributed by atoms with Crippen LogP contribution in [0.2, 0.25) is 0 Å². The molecule has 1 saturated heterocycles. The number of primary amides is 1. The predicted molar refractivity (Wildman–Crippen MR) is 37.1 cm³/mol. The van der Waals surface area contributed by atoms with Crippen molar-refractivity contribution in [3.63, 3.8) is 0 Å². The number of carbonyl (C=O) groups excluding carboxylic acids is 1. The van der Waals surface area contributed by atoms with Gasteiger partial charge in [-0.1, -0.05) is 0 Å². The van der Waals surface area contributed by atoms with E-state index >= 15 is 0 Å². The Morgan fingerprint density at radius 2 is 1.90 bits per heavy atom. The topological polar surface area (TPSA) is 89.9 Å². The summed E-state index contributed by atoms with van der Waals surface area (Å²) in [7, 11) is 0. The van der Waals surface area contributed by atoms with Gasteiger partial charge in [0.25, 0.3) is 0 Å². The molecule has 0 atom stereocenters. The molecular weight excluding hydrogens is 134 g/mol. The maximum Gasteiger partial charge on any atom is 0.326 e. The molecule has 1 aliphatic heterocycles. The number of hydrazine groups is 1. The van der Waals surface area contributed by atoms with Crippen molar-refractivity contribution >= 4 is 6.03 Å². The van der Waals surface area contributed by atoms with Crippen LogP contribution in [0.5, 0.6) is 0 Å². The summed E-state index contributed by atoms with van der Waals surface area (Å²) in [5.74, 6) is 0. The lowest BCUT2D eigenvalue weighted by atomic mass is 10.4. The van der Waals surface area contributed by atoms with E-state index in [9.17, 15) is 4.79 Å². The zero-order chi connectivity index (χ0) is 6.69. The molecule has 5 nitrogen and oxygen atoms in total. The number of urea groups is 1. The summed E-state index contributed by atoms with van der Waals surface area (Å²) in [6, 6.07) is -0.461. The smallest absolute Gasteiger partial charge is 0.326 e. The molecule has 0 spiro atoms. The van der Waals surface area contributed by atoms with Gasteiger partial charge in [0.05, 0.1) is 0 Å². The lowest BCUT2D eigenvalue weighted by Crippen LogP contribution is -2.43. The summed E-state index contributed by atoms with van der Waals surface area (Å²) in [6.45, 7) is 1.87. The van der Waals surface area contributed by atoms with E-state index in [2.05, 4.69) is 5.43 Å². The van der Waals surface area contributed by atoms with Crippen LogP contribution >= 0.6 is 0 Å². The molecule has 5 heteroatoms. The number of hydrogen-bond donors (Lipinski definition) is 2. The Morgan fingerprint density at radius 1 is 1.40 bits per heavy atom. The van der Waals surface area contributed by atoms with E-state index < -0.39 is 6.03 Å². The molecule has 0 bridgehead atoms. The number of amides is 2. The highest BCUT2D eigenvalue weighted by Crippen LogP contribution is 2.02. The van der Waals surface area contributed by atoms with Gasteiger partial charge in [-0.2, -0.15) is 0 Å². The Hall–Kier alpha value is -0.810. The molecule has 1 heterocycles. The van der Waals surface area contributed by atoms with E-state index in [1.165, 1.54) is 0 Å². The molecular formula is C5H13N3O2. The standard InChI is InChI=1S/C5H11N3O.H2O/c6-5(9)7-8-3-1-2-4-8;/h1-4H2,(H3,6,7,9);1H2. The molecule has 0 saturated carbocycles. The lowest BCUT2D eigenvalue weighted by molar-refractivity contribution is 0.205. The normalized spacial score (nSPS) is 18.0. The van der Waals surface area contributed by atoms with Gasteiger partial charge in [-0.3, -0.25) is 5.43 Å². The molecule has 1 rings (SSSR count).